The lowest BCUT2D eigenvalue weighted by molar-refractivity contribution is 0.121. The molecule has 0 radical (unpaired) electrons. The summed E-state index contributed by atoms with van der Waals surface area (Å²) in [6, 6.07) is 9.45. The predicted molar refractivity (Wildman–Crippen MR) is 103 cm³/mol. The molecule has 0 aliphatic heterocycles. The number of hydrogen-bond donors (Lipinski definition) is 0. The SMILES string of the molecule is CC[C@H]1CC[C@H](c2ccc(OCCC[Si](OC)(OC)OC)cc2)CC1. The Morgan fingerprint density at radius 1 is 0.920 bits per heavy atom. The van der Waals surface area contributed by atoms with Crippen LogP contribution in [0.5, 0.6) is 5.75 Å². The van der Waals surface area contributed by atoms with Crippen LogP contribution in [0.2, 0.25) is 6.04 Å². The molecule has 5 heteroatoms. The second-order valence-corrected chi connectivity index (χ2v) is 10.0. The van der Waals surface area contributed by atoms with E-state index in [2.05, 4.69) is 31.2 Å². The first-order valence-corrected chi connectivity index (χ1v) is 11.5. The van der Waals surface area contributed by atoms with E-state index in [4.69, 9.17) is 18.0 Å². The Morgan fingerprint density at radius 2 is 1.52 bits per heavy atom. The fraction of sp³-hybridized carbons (Fsp3) is 0.700. The maximum Gasteiger partial charge on any atom is 0.500 e. The van der Waals surface area contributed by atoms with Gasteiger partial charge in [-0.05, 0) is 61.6 Å². The van der Waals surface area contributed by atoms with Crippen molar-refractivity contribution in [1.82, 2.24) is 0 Å². The zero-order valence-corrected chi connectivity index (χ0v) is 17.3. The van der Waals surface area contributed by atoms with Crippen LogP contribution in [0.4, 0.5) is 0 Å². The van der Waals surface area contributed by atoms with Gasteiger partial charge in [0.15, 0.2) is 0 Å². The van der Waals surface area contributed by atoms with Gasteiger partial charge < -0.3 is 18.0 Å². The topological polar surface area (TPSA) is 36.9 Å². The molecule has 1 fully saturated rings. The summed E-state index contributed by atoms with van der Waals surface area (Å²) in [5.41, 5.74) is 1.46. The molecule has 0 saturated heterocycles. The molecule has 4 nitrogen and oxygen atoms in total. The number of ether oxygens (including phenoxy) is 1. The lowest BCUT2D eigenvalue weighted by Crippen LogP contribution is -2.42. The van der Waals surface area contributed by atoms with E-state index in [1.807, 2.05) is 0 Å². The van der Waals surface area contributed by atoms with Crippen LogP contribution < -0.4 is 4.74 Å². The van der Waals surface area contributed by atoms with Crippen LogP contribution in [0, 0.1) is 5.92 Å². The van der Waals surface area contributed by atoms with Gasteiger partial charge in [0.05, 0.1) is 6.61 Å². The van der Waals surface area contributed by atoms with Crippen LogP contribution in [0.15, 0.2) is 24.3 Å². The summed E-state index contributed by atoms with van der Waals surface area (Å²) in [5.74, 6) is 2.61. The lowest BCUT2D eigenvalue weighted by atomic mass is 9.78. The highest BCUT2D eigenvalue weighted by Gasteiger charge is 2.36. The summed E-state index contributed by atoms with van der Waals surface area (Å²) in [6.07, 6.45) is 7.60. The fourth-order valence-electron chi connectivity index (χ4n) is 3.78. The molecule has 1 aliphatic carbocycles. The smallest absolute Gasteiger partial charge is 0.494 e. The monoisotopic (exact) mass is 366 g/mol. The summed E-state index contributed by atoms with van der Waals surface area (Å²) >= 11 is 0. The highest BCUT2D eigenvalue weighted by Crippen LogP contribution is 2.37. The Balaban J connectivity index is 1.75. The summed E-state index contributed by atoms with van der Waals surface area (Å²) in [5, 5.41) is 0. The van der Waals surface area contributed by atoms with Gasteiger partial charge in [-0.1, -0.05) is 25.5 Å². The van der Waals surface area contributed by atoms with Crippen molar-refractivity contribution in [1.29, 1.82) is 0 Å². The fourth-order valence-corrected chi connectivity index (χ4v) is 5.46. The molecule has 0 unspecified atom stereocenters. The first kappa shape index (κ1) is 20.4. The van der Waals surface area contributed by atoms with Crippen molar-refractivity contribution in [3.05, 3.63) is 29.8 Å². The van der Waals surface area contributed by atoms with Gasteiger partial charge in [0, 0.05) is 27.4 Å². The minimum absolute atomic E-state index is 0.645. The molecular formula is C20H34O4Si. The van der Waals surface area contributed by atoms with Gasteiger partial charge in [0.2, 0.25) is 0 Å². The third-order valence-corrected chi connectivity index (χ3v) is 8.44. The average molecular weight is 367 g/mol. The molecule has 1 aromatic carbocycles. The summed E-state index contributed by atoms with van der Waals surface area (Å²) in [4.78, 5) is 0. The quantitative estimate of drug-likeness (QED) is 0.430. The Bertz CT molecular complexity index is 471. The molecule has 0 amide bonds. The Hall–Kier alpha value is -0.883. The Kier molecular flexibility index (Phi) is 8.43. The van der Waals surface area contributed by atoms with E-state index >= 15 is 0 Å². The molecular weight excluding hydrogens is 332 g/mol. The summed E-state index contributed by atoms with van der Waals surface area (Å²) in [7, 11) is 2.46. The molecule has 1 aliphatic rings. The largest absolute Gasteiger partial charge is 0.500 e. The predicted octanol–water partition coefficient (Wildman–Crippen LogP) is 5.02. The van der Waals surface area contributed by atoms with Gasteiger partial charge in [-0.25, -0.2) is 0 Å². The first-order chi connectivity index (χ1) is 12.2. The van der Waals surface area contributed by atoms with Crippen LogP contribution in [-0.4, -0.2) is 36.7 Å². The van der Waals surface area contributed by atoms with Crippen molar-refractivity contribution >= 4 is 8.80 Å². The van der Waals surface area contributed by atoms with E-state index in [0.717, 1.165) is 30.1 Å². The van der Waals surface area contributed by atoms with Crippen LogP contribution in [-0.2, 0) is 13.3 Å². The minimum Gasteiger partial charge on any atom is -0.494 e. The minimum atomic E-state index is -2.48. The second-order valence-electron chi connectivity index (χ2n) is 6.94. The highest BCUT2D eigenvalue weighted by atomic mass is 28.4. The normalized spacial score (nSPS) is 21.3. The van der Waals surface area contributed by atoms with Crippen LogP contribution >= 0.6 is 0 Å². The van der Waals surface area contributed by atoms with E-state index in [-0.39, 0.29) is 0 Å². The lowest BCUT2D eigenvalue weighted by Gasteiger charge is -2.28. The first-order valence-electron chi connectivity index (χ1n) is 9.54. The number of benzene rings is 1. The zero-order chi connectivity index (χ0) is 18.1. The number of hydrogen-bond acceptors (Lipinski definition) is 4. The number of rotatable bonds is 10. The van der Waals surface area contributed by atoms with Crippen LogP contribution in [0.1, 0.15) is 56.9 Å². The molecule has 0 spiro atoms. The van der Waals surface area contributed by atoms with Crippen molar-refractivity contribution in [2.24, 2.45) is 5.92 Å². The molecule has 1 aromatic rings. The van der Waals surface area contributed by atoms with Gasteiger partial charge in [0.1, 0.15) is 5.75 Å². The van der Waals surface area contributed by atoms with Gasteiger partial charge >= 0.3 is 8.80 Å². The molecule has 142 valence electrons. The molecule has 25 heavy (non-hydrogen) atoms. The molecule has 0 aromatic heterocycles. The highest BCUT2D eigenvalue weighted by molar-refractivity contribution is 6.60. The second kappa shape index (κ2) is 10.3. The molecule has 0 bridgehead atoms. The van der Waals surface area contributed by atoms with E-state index in [9.17, 15) is 0 Å². The average Bonchev–Trinajstić information content (AvgIpc) is 2.69. The van der Waals surface area contributed by atoms with E-state index in [0.29, 0.717) is 6.61 Å². The molecule has 0 N–H and O–H groups in total. The molecule has 2 rings (SSSR count). The standard InChI is InChI=1S/C20H34O4Si/c1-5-17-7-9-18(10-8-17)19-11-13-20(14-12-19)24-15-6-16-25(21-2,22-3)23-4/h11-14,17-18H,5-10,15-16H2,1-4H3/t17-,18-. The Labute approximate surface area is 154 Å². The van der Waals surface area contributed by atoms with Gasteiger partial charge in [-0.3, -0.25) is 0 Å². The van der Waals surface area contributed by atoms with Gasteiger partial charge in [0.25, 0.3) is 0 Å². The summed E-state index contributed by atoms with van der Waals surface area (Å²) < 4.78 is 22.1. The van der Waals surface area contributed by atoms with Crippen LogP contribution in [0.3, 0.4) is 0 Å². The summed E-state index contributed by atoms with van der Waals surface area (Å²) in [6.45, 7) is 2.96. The van der Waals surface area contributed by atoms with Crippen molar-refractivity contribution in [3.63, 3.8) is 0 Å². The van der Waals surface area contributed by atoms with Gasteiger partial charge in [-0.15, -0.1) is 0 Å². The van der Waals surface area contributed by atoms with Crippen molar-refractivity contribution in [2.45, 2.75) is 57.4 Å². The van der Waals surface area contributed by atoms with Gasteiger partial charge in [-0.2, -0.15) is 0 Å². The third kappa shape index (κ3) is 5.81. The van der Waals surface area contributed by atoms with E-state index in [1.54, 1.807) is 21.3 Å². The van der Waals surface area contributed by atoms with Crippen molar-refractivity contribution in [3.8, 4) is 5.75 Å². The van der Waals surface area contributed by atoms with Crippen molar-refractivity contribution < 1.29 is 18.0 Å². The third-order valence-electron chi connectivity index (χ3n) is 5.60. The molecule has 1 saturated carbocycles. The maximum atomic E-state index is 5.87. The van der Waals surface area contributed by atoms with E-state index in [1.165, 1.54) is 37.7 Å². The van der Waals surface area contributed by atoms with E-state index < -0.39 is 8.80 Å². The Morgan fingerprint density at radius 3 is 2.04 bits per heavy atom. The van der Waals surface area contributed by atoms with Crippen molar-refractivity contribution in [2.75, 3.05) is 27.9 Å². The molecule has 0 atom stereocenters. The van der Waals surface area contributed by atoms with Crippen LogP contribution in [0.25, 0.3) is 0 Å². The molecule has 0 heterocycles. The zero-order valence-electron chi connectivity index (χ0n) is 16.3. The maximum absolute atomic E-state index is 5.87.